The van der Waals surface area contributed by atoms with Crippen molar-refractivity contribution in [3.63, 3.8) is 0 Å². The molecule has 6 nitrogen and oxygen atoms in total. The van der Waals surface area contributed by atoms with E-state index >= 15 is 0 Å². The van der Waals surface area contributed by atoms with Crippen molar-refractivity contribution in [2.45, 2.75) is 25.4 Å². The van der Waals surface area contributed by atoms with Crippen molar-refractivity contribution in [1.82, 2.24) is 14.4 Å². The van der Waals surface area contributed by atoms with Crippen molar-refractivity contribution >= 4 is 11.8 Å². The summed E-state index contributed by atoms with van der Waals surface area (Å²) in [6.45, 7) is 1.29. The lowest BCUT2D eigenvalue weighted by molar-refractivity contribution is 0.0698. The second-order valence-corrected chi connectivity index (χ2v) is 8.52. The number of aromatic nitrogens is 1. The predicted octanol–water partition coefficient (Wildman–Crippen LogP) is 3.40. The Morgan fingerprint density at radius 3 is 2.44 bits per heavy atom. The van der Waals surface area contributed by atoms with Crippen molar-refractivity contribution in [3.05, 3.63) is 88.5 Å². The number of amides is 2. The van der Waals surface area contributed by atoms with Gasteiger partial charge in [-0.1, -0.05) is 42.5 Å². The third-order valence-electron chi connectivity index (χ3n) is 6.40. The molecule has 0 radical (unpaired) electrons. The zero-order chi connectivity index (χ0) is 22.4. The Labute approximate surface area is 185 Å². The van der Waals surface area contributed by atoms with E-state index in [0.717, 1.165) is 16.8 Å². The highest BCUT2D eigenvalue weighted by Crippen LogP contribution is 2.40. The quantitative estimate of drug-likeness (QED) is 0.686. The summed E-state index contributed by atoms with van der Waals surface area (Å²) in [5.74, 6) is -1.14. The highest BCUT2D eigenvalue weighted by Gasteiger charge is 2.41. The fourth-order valence-electron chi connectivity index (χ4n) is 4.87. The van der Waals surface area contributed by atoms with Gasteiger partial charge in [-0.15, -0.1) is 0 Å². The molecule has 32 heavy (non-hydrogen) atoms. The molecule has 164 valence electrons. The largest absolute Gasteiger partial charge is 0.505 e. The normalized spacial score (nSPS) is 18.0. The number of aromatic hydroxyl groups is 1. The van der Waals surface area contributed by atoms with Crippen LogP contribution in [0.2, 0.25) is 0 Å². The van der Waals surface area contributed by atoms with Crippen molar-refractivity contribution in [3.8, 4) is 5.75 Å². The van der Waals surface area contributed by atoms with Gasteiger partial charge in [-0.3, -0.25) is 9.59 Å². The van der Waals surface area contributed by atoms with E-state index in [2.05, 4.69) is 0 Å². The molecular weight excluding hydrogens is 409 g/mol. The summed E-state index contributed by atoms with van der Waals surface area (Å²) in [6, 6.07) is 16.0. The van der Waals surface area contributed by atoms with Gasteiger partial charge in [0.25, 0.3) is 11.8 Å². The summed E-state index contributed by atoms with van der Waals surface area (Å²) >= 11 is 0. The Morgan fingerprint density at radius 2 is 1.72 bits per heavy atom. The minimum Gasteiger partial charge on any atom is -0.505 e. The Kier molecular flexibility index (Phi) is 4.96. The van der Waals surface area contributed by atoms with Crippen LogP contribution in [0.1, 0.15) is 43.7 Å². The lowest BCUT2D eigenvalue weighted by Gasteiger charge is -2.35. The molecule has 1 unspecified atom stereocenters. The van der Waals surface area contributed by atoms with Crippen LogP contribution in [0.4, 0.5) is 4.39 Å². The van der Waals surface area contributed by atoms with E-state index in [4.69, 9.17) is 0 Å². The van der Waals surface area contributed by atoms with Crippen molar-refractivity contribution in [1.29, 1.82) is 0 Å². The van der Waals surface area contributed by atoms with Crippen LogP contribution in [0.3, 0.4) is 0 Å². The summed E-state index contributed by atoms with van der Waals surface area (Å²) in [6.07, 6.45) is 1.23. The number of carbonyl (C=O) groups is 2. The monoisotopic (exact) mass is 433 g/mol. The smallest absolute Gasteiger partial charge is 0.274 e. The Bertz CT molecular complexity index is 1190. The fraction of sp³-hybridized carbons (Fsp3) is 0.280. The van der Waals surface area contributed by atoms with Crippen molar-refractivity contribution in [2.75, 3.05) is 20.1 Å². The Balaban J connectivity index is 1.52. The third kappa shape index (κ3) is 3.34. The van der Waals surface area contributed by atoms with Crippen LogP contribution < -0.4 is 0 Å². The molecule has 3 aromatic rings. The first-order valence-electron chi connectivity index (χ1n) is 10.7. The van der Waals surface area contributed by atoms with Gasteiger partial charge in [-0.25, -0.2) is 4.39 Å². The van der Waals surface area contributed by atoms with E-state index in [1.165, 1.54) is 12.1 Å². The molecule has 0 spiro atoms. The maximum Gasteiger partial charge on any atom is 0.274 e. The molecule has 2 aliphatic rings. The third-order valence-corrected chi connectivity index (χ3v) is 6.40. The van der Waals surface area contributed by atoms with Crippen LogP contribution in [-0.4, -0.2) is 51.4 Å². The molecule has 2 amide bonds. The molecule has 0 saturated heterocycles. The fourth-order valence-corrected chi connectivity index (χ4v) is 4.87. The summed E-state index contributed by atoms with van der Waals surface area (Å²) in [5.41, 5.74) is 3.08. The molecule has 1 atom stereocenters. The summed E-state index contributed by atoms with van der Waals surface area (Å²) in [5, 5.41) is 11.0. The van der Waals surface area contributed by atoms with Crippen LogP contribution in [0.15, 0.2) is 54.6 Å². The molecule has 2 aromatic carbocycles. The maximum absolute atomic E-state index is 13.3. The minimum atomic E-state index is -0.328. The highest BCUT2D eigenvalue weighted by atomic mass is 19.1. The first-order chi connectivity index (χ1) is 15.4. The van der Waals surface area contributed by atoms with Crippen LogP contribution >= 0.6 is 0 Å². The van der Waals surface area contributed by atoms with Gasteiger partial charge in [0.1, 0.15) is 11.4 Å². The van der Waals surface area contributed by atoms with Gasteiger partial charge in [0, 0.05) is 38.8 Å². The highest BCUT2D eigenvalue weighted by molar-refractivity contribution is 6.05. The first kappa shape index (κ1) is 20.3. The molecule has 1 aromatic heterocycles. The van der Waals surface area contributed by atoms with Gasteiger partial charge >= 0.3 is 0 Å². The van der Waals surface area contributed by atoms with Gasteiger partial charge in [0.2, 0.25) is 0 Å². The molecule has 3 heterocycles. The molecule has 0 bridgehead atoms. The van der Waals surface area contributed by atoms with Gasteiger partial charge in [-0.05, 0) is 29.7 Å². The second-order valence-electron chi connectivity index (χ2n) is 8.52. The number of fused-ring (bicyclic) bond motifs is 3. The second kappa shape index (κ2) is 7.82. The van der Waals surface area contributed by atoms with Crippen LogP contribution in [0.25, 0.3) is 0 Å². The molecule has 5 rings (SSSR count). The van der Waals surface area contributed by atoms with E-state index in [-0.39, 0.29) is 40.7 Å². The van der Waals surface area contributed by atoms with E-state index in [0.29, 0.717) is 32.5 Å². The molecular formula is C25H24FN3O3. The minimum absolute atomic E-state index is 0.0683. The zero-order valence-electron chi connectivity index (χ0n) is 17.8. The molecule has 0 aliphatic carbocycles. The van der Waals surface area contributed by atoms with Gasteiger partial charge in [-0.2, -0.15) is 0 Å². The van der Waals surface area contributed by atoms with E-state index in [1.807, 2.05) is 34.9 Å². The van der Waals surface area contributed by atoms with E-state index in [1.54, 1.807) is 29.0 Å². The van der Waals surface area contributed by atoms with E-state index < -0.39 is 0 Å². The number of benzene rings is 2. The number of carbonyl (C=O) groups excluding carboxylic acids is 2. The topological polar surface area (TPSA) is 65.8 Å². The predicted molar refractivity (Wildman–Crippen MR) is 117 cm³/mol. The number of likely N-dealkylation sites (N-methyl/N-ethyl adjacent to an activating group) is 1. The van der Waals surface area contributed by atoms with Crippen molar-refractivity contribution in [2.24, 2.45) is 0 Å². The SMILES string of the molecule is CN1CC(Cc2ccccc2)n2c3c(c(O)c2C1=O)C(=O)N(Cc1ccc(F)cc1)CC3. The standard InChI is InChI=1S/C25H24FN3O3/c1-27-15-19(13-16-5-3-2-4-6-16)29-20-11-12-28(14-17-7-9-18(26)10-8-17)24(31)21(20)23(30)22(29)25(27)32/h2-10,19,30H,11-15H2,1H3. The number of hydrogen-bond acceptors (Lipinski definition) is 3. The van der Waals surface area contributed by atoms with Gasteiger partial charge < -0.3 is 19.5 Å². The summed E-state index contributed by atoms with van der Waals surface area (Å²) < 4.78 is 15.1. The Hall–Kier alpha value is -3.61. The van der Waals surface area contributed by atoms with Gasteiger partial charge in [0.15, 0.2) is 11.4 Å². The molecule has 0 saturated carbocycles. The molecule has 0 fully saturated rings. The number of rotatable bonds is 4. The van der Waals surface area contributed by atoms with Crippen molar-refractivity contribution < 1.29 is 19.1 Å². The molecule has 2 aliphatic heterocycles. The van der Waals surface area contributed by atoms with Crippen LogP contribution in [0, 0.1) is 5.82 Å². The summed E-state index contributed by atoms with van der Waals surface area (Å²) in [4.78, 5) is 29.5. The Morgan fingerprint density at radius 1 is 1.00 bits per heavy atom. The average Bonchev–Trinajstić information content (AvgIpc) is 3.09. The lowest BCUT2D eigenvalue weighted by atomic mass is 10.0. The number of nitrogens with zero attached hydrogens (tertiary/aromatic N) is 3. The van der Waals surface area contributed by atoms with Crippen LogP contribution in [-0.2, 0) is 19.4 Å². The first-order valence-corrected chi connectivity index (χ1v) is 10.7. The average molecular weight is 433 g/mol. The van der Waals surface area contributed by atoms with Gasteiger partial charge in [0.05, 0.1) is 6.04 Å². The maximum atomic E-state index is 13.3. The lowest BCUT2D eigenvalue weighted by Crippen LogP contribution is -2.42. The van der Waals surface area contributed by atoms with E-state index in [9.17, 15) is 19.1 Å². The van der Waals surface area contributed by atoms with Crippen LogP contribution in [0.5, 0.6) is 5.75 Å². The summed E-state index contributed by atoms with van der Waals surface area (Å²) in [7, 11) is 1.72. The number of hydrogen-bond donors (Lipinski definition) is 1. The molecule has 1 N–H and O–H groups in total. The molecule has 7 heteroatoms. The zero-order valence-corrected chi connectivity index (χ0v) is 17.8. The number of halogens is 1.